The minimum Gasteiger partial charge on any atom is -0.508 e. The van der Waals surface area contributed by atoms with Crippen molar-refractivity contribution in [1.82, 2.24) is 0 Å². The average molecular weight is 779 g/mol. The highest BCUT2D eigenvalue weighted by atomic mass is 28.4. The summed E-state index contributed by atoms with van der Waals surface area (Å²) in [6.45, 7) is 17.3. The van der Waals surface area contributed by atoms with Gasteiger partial charge in [0.2, 0.25) is 8.32 Å². The molecule has 0 spiro atoms. The normalized spacial score (nSPS) is 13.7. The van der Waals surface area contributed by atoms with Crippen molar-refractivity contribution in [1.29, 1.82) is 0 Å². The minimum absolute atomic E-state index is 0.389. The standard InChI is InChI=1S/C49H86O3Si2/c1-8-10-38-49(39-25-21-15-13-11-12-14-19-23-32-44-34-27-36-46(50)41-44)54(6,7)52-53(4,5)48(29-9-2)40-26-31-43(3)30-22-18-16-17-20-24-33-45-35-28-37-47(51)42-45/h27-28,34-37,40-43,49-51H,8-26,29-33,38-39H2,1-7H3/b48-40-. The van der Waals surface area contributed by atoms with E-state index in [1.54, 1.807) is 17.3 Å². The Hall–Kier alpha value is -1.83. The Morgan fingerprint density at radius 1 is 0.593 bits per heavy atom. The van der Waals surface area contributed by atoms with Gasteiger partial charge in [0.15, 0.2) is 8.32 Å². The van der Waals surface area contributed by atoms with E-state index < -0.39 is 16.6 Å². The number of allylic oxidation sites excluding steroid dienone is 2. The van der Waals surface area contributed by atoms with Crippen LogP contribution in [-0.2, 0) is 17.0 Å². The van der Waals surface area contributed by atoms with Crippen LogP contribution in [0.15, 0.2) is 59.8 Å². The van der Waals surface area contributed by atoms with Crippen LogP contribution in [0.3, 0.4) is 0 Å². The van der Waals surface area contributed by atoms with E-state index in [-0.39, 0.29) is 0 Å². The highest BCUT2D eigenvalue weighted by Gasteiger charge is 2.40. The Labute approximate surface area is 337 Å². The number of phenolic OH excluding ortho intramolecular Hbond substituents is 2. The molecule has 0 aliphatic rings. The first kappa shape index (κ1) is 48.3. The summed E-state index contributed by atoms with van der Waals surface area (Å²) < 4.78 is 7.47. The van der Waals surface area contributed by atoms with Crippen molar-refractivity contribution < 1.29 is 14.3 Å². The van der Waals surface area contributed by atoms with Gasteiger partial charge >= 0.3 is 0 Å². The molecule has 2 unspecified atom stereocenters. The molecular weight excluding hydrogens is 693 g/mol. The molecule has 3 nitrogen and oxygen atoms in total. The summed E-state index contributed by atoms with van der Waals surface area (Å²) in [6.07, 6.45) is 36.5. The molecular formula is C49H86O3Si2. The number of hydrogen-bond acceptors (Lipinski definition) is 3. The summed E-state index contributed by atoms with van der Waals surface area (Å²) in [7, 11) is -3.77. The molecule has 54 heavy (non-hydrogen) atoms. The van der Waals surface area contributed by atoms with Gasteiger partial charge < -0.3 is 14.3 Å². The van der Waals surface area contributed by atoms with E-state index in [1.807, 2.05) is 24.3 Å². The first-order valence-corrected chi connectivity index (χ1v) is 28.8. The molecule has 0 aliphatic heterocycles. The summed E-state index contributed by atoms with van der Waals surface area (Å²) in [6, 6.07) is 15.5. The van der Waals surface area contributed by atoms with E-state index in [0.29, 0.717) is 11.5 Å². The Kier molecular flexibility index (Phi) is 25.5. The largest absolute Gasteiger partial charge is 0.508 e. The van der Waals surface area contributed by atoms with E-state index >= 15 is 0 Å². The number of hydrogen-bond donors (Lipinski definition) is 2. The lowest BCUT2D eigenvalue weighted by atomic mass is 9.97. The molecule has 0 saturated carbocycles. The van der Waals surface area contributed by atoms with Gasteiger partial charge in [0, 0.05) is 0 Å². The van der Waals surface area contributed by atoms with E-state index in [4.69, 9.17) is 4.12 Å². The Morgan fingerprint density at radius 3 is 1.54 bits per heavy atom. The van der Waals surface area contributed by atoms with Gasteiger partial charge in [-0.25, -0.2) is 0 Å². The monoisotopic (exact) mass is 779 g/mol. The molecule has 2 atom stereocenters. The molecule has 2 aromatic carbocycles. The summed E-state index contributed by atoms with van der Waals surface area (Å²) in [4.78, 5) is 0. The van der Waals surface area contributed by atoms with Crippen LogP contribution in [0, 0.1) is 5.92 Å². The molecule has 2 rings (SSSR count). The third kappa shape index (κ3) is 22.1. The summed E-state index contributed by atoms with van der Waals surface area (Å²) in [5.41, 5.74) is 3.29. The molecule has 0 radical (unpaired) electrons. The molecule has 0 bridgehead atoms. The van der Waals surface area contributed by atoms with Crippen molar-refractivity contribution in [2.24, 2.45) is 5.92 Å². The number of aryl methyl sites for hydroxylation is 2. The fourth-order valence-corrected chi connectivity index (χ4v) is 18.4. The van der Waals surface area contributed by atoms with Crippen LogP contribution < -0.4 is 0 Å². The highest BCUT2D eigenvalue weighted by Crippen LogP contribution is 2.38. The molecule has 0 heterocycles. The van der Waals surface area contributed by atoms with Crippen molar-refractivity contribution in [3.63, 3.8) is 0 Å². The summed E-state index contributed by atoms with van der Waals surface area (Å²) in [5, 5.41) is 21.0. The van der Waals surface area contributed by atoms with Crippen LogP contribution in [0.2, 0.25) is 31.7 Å². The second kappa shape index (κ2) is 28.5. The van der Waals surface area contributed by atoms with Crippen LogP contribution in [-0.4, -0.2) is 26.8 Å². The van der Waals surface area contributed by atoms with E-state index in [9.17, 15) is 10.2 Å². The summed E-state index contributed by atoms with van der Waals surface area (Å²) in [5.74, 6) is 1.58. The van der Waals surface area contributed by atoms with E-state index in [2.05, 4.69) is 65.2 Å². The van der Waals surface area contributed by atoms with Crippen molar-refractivity contribution in [3.05, 3.63) is 70.9 Å². The van der Waals surface area contributed by atoms with Gasteiger partial charge in [-0.2, -0.15) is 0 Å². The highest BCUT2D eigenvalue weighted by molar-refractivity contribution is 6.89. The topological polar surface area (TPSA) is 49.7 Å². The number of phenols is 2. The van der Waals surface area contributed by atoms with Gasteiger partial charge in [0.05, 0.1) is 0 Å². The fourth-order valence-electron chi connectivity index (χ4n) is 8.61. The maximum absolute atomic E-state index is 9.66. The van der Waals surface area contributed by atoms with Gasteiger partial charge in [-0.05, 0) is 118 Å². The molecule has 2 N–H and O–H groups in total. The molecule has 0 saturated heterocycles. The zero-order valence-electron chi connectivity index (χ0n) is 36.5. The molecule has 0 aromatic heterocycles. The molecule has 308 valence electrons. The second-order valence-electron chi connectivity index (χ2n) is 17.9. The maximum atomic E-state index is 9.66. The van der Waals surface area contributed by atoms with E-state index in [1.165, 1.54) is 165 Å². The van der Waals surface area contributed by atoms with Gasteiger partial charge in [0.25, 0.3) is 0 Å². The van der Waals surface area contributed by atoms with Crippen LogP contribution >= 0.6 is 0 Å². The van der Waals surface area contributed by atoms with Crippen LogP contribution in [0.5, 0.6) is 11.5 Å². The number of benzene rings is 2. The maximum Gasteiger partial charge on any atom is 0.201 e. The van der Waals surface area contributed by atoms with Gasteiger partial charge in [-0.3, -0.25) is 0 Å². The fraction of sp³-hybridized carbons (Fsp3) is 0.714. The average Bonchev–Trinajstić information content (AvgIpc) is 3.12. The number of rotatable bonds is 33. The minimum atomic E-state index is -1.94. The predicted octanol–water partition coefficient (Wildman–Crippen LogP) is 16.2. The summed E-state index contributed by atoms with van der Waals surface area (Å²) >= 11 is 0. The predicted molar refractivity (Wildman–Crippen MR) is 243 cm³/mol. The Bertz CT molecular complexity index is 1250. The lowest BCUT2D eigenvalue weighted by Crippen LogP contribution is -2.48. The van der Waals surface area contributed by atoms with Crippen LogP contribution in [0.4, 0.5) is 0 Å². The first-order valence-electron chi connectivity index (χ1n) is 22.9. The lowest BCUT2D eigenvalue weighted by molar-refractivity contribution is 0.457. The third-order valence-corrected chi connectivity index (χ3v) is 20.7. The Balaban J connectivity index is 1.67. The molecule has 5 heteroatoms. The van der Waals surface area contributed by atoms with Crippen molar-refractivity contribution in [2.45, 2.75) is 219 Å². The molecule has 0 amide bonds. The van der Waals surface area contributed by atoms with Crippen molar-refractivity contribution in [3.8, 4) is 11.5 Å². The zero-order chi connectivity index (χ0) is 39.5. The molecule has 2 aromatic rings. The van der Waals surface area contributed by atoms with Crippen molar-refractivity contribution in [2.75, 3.05) is 0 Å². The first-order chi connectivity index (χ1) is 26.0. The molecule has 0 fully saturated rings. The van der Waals surface area contributed by atoms with Gasteiger partial charge in [0.1, 0.15) is 11.5 Å². The van der Waals surface area contributed by atoms with Gasteiger partial charge in [-0.15, -0.1) is 0 Å². The smallest absolute Gasteiger partial charge is 0.201 e. The Morgan fingerprint density at radius 2 is 1.06 bits per heavy atom. The zero-order valence-corrected chi connectivity index (χ0v) is 38.5. The quantitative estimate of drug-likeness (QED) is 0.0560. The van der Waals surface area contributed by atoms with Crippen LogP contribution in [0.25, 0.3) is 0 Å². The third-order valence-electron chi connectivity index (χ3n) is 12.0. The number of unbranched alkanes of at least 4 members (excludes halogenated alkanes) is 14. The van der Waals surface area contributed by atoms with Gasteiger partial charge in [-0.1, -0.05) is 178 Å². The van der Waals surface area contributed by atoms with E-state index in [0.717, 1.165) is 24.3 Å². The SMILES string of the molecule is CCCCC(CCCCCCCCCCCc1cccc(O)c1)[Si](C)(C)O[Si](C)(C)/C(=C\CCC(C)CCCCCCCCc1cccc(O)c1)CCC. The van der Waals surface area contributed by atoms with Crippen molar-refractivity contribution >= 4 is 16.6 Å². The lowest BCUT2D eigenvalue weighted by Gasteiger charge is -2.41. The molecule has 0 aliphatic carbocycles. The second-order valence-corrected chi connectivity index (χ2v) is 26.4. The number of aromatic hydroxyl groups is 2. The van der Waals surface area contributed by atoms with Crippen LogP contribution in [0.1, 0.15) is 186 Å².